The van der Waals surface area contributed by atoms with Crippen LogP contribution in [0, 0.1) is 0 Å². The minimum absolute atomic E-state index is 0.146. The summed E-state index contributed by atoms with van der Waals surface area (Å²) in [6.07, 6.45) is 0.359. The first-order valence-corrected chi connectivity index (χ1v) is 6.80. The number of benzene rings is 1. The zero-order valence-electron chi connectivity index (χ0n) is 9.85. The van der Waals surface area contributed by atoms with Crippen LogP contribution in [-0.4, -0.2) is 28.8 Å². The molecule has 1 aromatic rings. The highest BCUT2D eigenvalue weighted by Gasteiger charge is 2.17. The van der Waals surface area contributed by atoms with Crippen molar-refractivity contribution in [3.63, 3.8) is 0 Å². The SMILES string of the molecule is CCC(NC(=O)CSc1ccccc1Cl)C(=O)O. The molecule has 0 heterocycles. The van der Waals surface area contributed by atoms with Gasteiger partial charge in [0.2, 0.25) is 5.91 Å². The Labute approximate surface area is 115 Å². The molecule has 0 aromatic heterocycles. The lowest BCUT2D eigenvalue weighted by molar-refractivity contribution is -0.141. The van der Waals surface area contributed by atoms with Gasteiger partial charge < -0.3 is 10.4 Å². The molecule has 1 atom stereocenters. The third-order valence-corrected chi connectivity index (χ3v) is 3.75. The van der Waals surface area contributed by atoms with E-state index in [9.17, 15) is 9.59 Å². The maximum atomic E-state index is 11.6. The number of halogens is 1. The zero-order chi connectivity index (χ0) is 13.5. The predicted octanol–water partition coefficient (Wildman–Crippen LogP) is 2.41. The Morgan fingerprint density at radius 1 is 1.44 bits per heavy atom. The number of hydrogen-bond donors (Lipinski definition) is 2. The summed E-state index contributed by atoms with van der Waals surface area (Å²) in [6.45, 7) is 1.71. The summed E-state index contributed by atoms with van der Waals surface area (Å²) in [5.74, 6) is -1.18. The second-order valence-corrected chi connectivity index (χ2v) is 5.01. The quantitative estimate of drug-likeness (QED) is 0.789. The van der Waals surface area contributed by atoms with Gasteiger partial charge in [-0.1, -0.05) is 30.7 Å². The van der Waals surface area contributed by atoms with Crippen LogP contribution in [0.3, 0.4) is 0 Å². The minimum atomic E-state index is -1.02. The predicted molar refractivity (Wildman–Crippen MR) is 72.0 cm³/mol. The van der Waals surface area contributed by atoms with Crippen molar-refractivity contribution in [2.45, 2.75) is 24.3 Å². The van der Waals surface area contributed by atoms with Crippen molar-refractivity contribution >= 4 is 35.2 Å². The van der Waals surface area contributed by atoms with Gasteiger partial charge in [-0.3, -0.25) is 4.79 Å². The molecule has 18 heavy (non-hydrogen) atoms. The standard InChI is InChI=1S/C12H14ClNO3S/c1-2-9(12(16)17)14-11(15)7-18-10-6-4-3-5-8(10)13/h3-6,9H,2,7H2,1H3,(H,14,15)(H,16,17). The van der Waals surface area contributed by atoms with E-state index in [-0.39, 0.29) is 11.7 Å². The number of nitrogens with one attached hydrogen (secondary N) is 1. The molecule has 2 N–H and O–H groups in total. The summed E-state index contributed by atoms with van der Waals surface area (Å²) < 4.78 is 0. The van der Waals surface area contributed by atoms with Gasteiger partial charge in [0.1, 0.15) is 6.04 Å². The van der Waals surface area contributed by atoms with Crippen LogP contribution in [0.1, 0.15) is 13.3 Å². The lowest BCUT2D eigenvalue weighted by Crippen LogP contribution is -2.41. The number of carboxylic acid groups (broad SMARTS) is 1. The number of carbonyl (C=O) groups is 2. The molecular formula is C12H14ClNO3S. The maximum absolute atomic E-state index is 11.6. The molecule has 0 radical (unpaired) electrons. The molecule has 0 spiro atoms. The normalized spacial score (nSPS) is 11.9. The number of aliphatic carboxylic acids is 1. The largest absolute Gasteiger partial charge is 0.480 e. The van der Waals surface area contributed by atoms with E-state index in [0.717, 1.165) is 4.90 Å². The summed E-state index contributed by atoms with van der Waals surface area (Å²) in [6, 6.07) is 6.37. The Morgan fingerprint density at radius 2 is 2.11 bits per heavy atom. The van der Waals surface area contributed by atoms with Crippen molar-refractivity contribution in [2.75, 3.05) is 5.75 Å². The number of hydrogen-bond acceptors (Lipinski definition) is 3. The average Bonchev–Trinajstić information content (AvgIpc) is 2.34. The van der Waals surface area contributed by atoms with Gasteiger partial charge in [0.15, 0.2) is 0 Å². The van der Waals surface area contributed by atoms with Crippen molar-refractivity contribution in [3.8, 4) is 0 Å². The summed E-state index contributed by atoms with van der Waals surface area (Å²) in [7, 11) is 0. The molecule has 0 fully saturated rings. The summed E-state index contributed by atoms with van der Waals surface area (Å²) in [5, 5.41) is 11.8. The van der Waals surface area contributed by atoms with Crippen molar-refractivity contribution in [1.82, 2.24) is 5.32 Å². The molecule has 0 saturated heterocycles. The van der Waals surface area contributed by atoms with Crippen LogP contribution in [-0.2, 0) is 9.59 Å². The molecule has 4 nitrogen and oxygen atoms in total. The lowest BCUT2D eigenvalue weighted by Gasteiger charge is -2.12. The van der Waals surface area contributed by atoms with Gasteiger partial charge in [-0.2, -0.15) is 0 Å². The van der Waals surface area contributed by atoms with E-state index in [2.05, 4.69) is 5.32 Å². The fraction of sp³-hybridized carbons (Fsp3) is 0.333. The topological polar surface area (TPSA) is 66.4 Å². The van der Waals surface area contributed by atoms with Gasteiger partial charge >= 0.3 is 5.97 Å². The number of carboxylic acids is 1. The molecule has 1 rings (SSSR count). The Bertz CT molecular complexity index is 439. The molecule has 0 aliphatic heterocycles. The van der Waals surface area contributed by atoms with Crippen LogP contribution < -0.4 is 5.32 Å². The fourth-order valence-corrected chi connectivity index (χ4v) is 2.33. The molecule has 1 amide bonds. The molecule has 0 aliphatic carbocycles. The van der Waals surface area contributed by atoms with E-state index >= 15 is 0 Å². The number of amides is 1. The first-order chi connectivity index (χ1) is 8.54. The average molecular weight is 288 g/mol. The van der Waals surface area contributed by atoms with Crippen molar-refractivity contribution in [1.29, 1.82) is 0 Å². The van der Waals surface area contributed by atoms with Crippen LogP contribution in [0.4, 0.5) is 0 Å². The molecular weight excluding hydrogens is 274 g/mol. The van der Waals surface area contributed by atoms with Gasteiger partial charge in [0, 0.05) is 4.90 Å². The summed E-state index contributed by atoms with van der Waals surface area (Å²) in [4.78, 5) is 23.1. The van der Waals surface area contributed by atoms with Crippen molar-refractivity contribution in [2.24, 2.45) is 0 Å². The molecule has 0 saturated carbocycles. The summed E-state index contributed by atoms with van der Waals surface area (Å²) in [5.41, 5.74) is 0. The van der Waals surface area contributed by atoms with Crippen LogP contribution in [0.15, 0.2) is 29.2 Å². The van der Waals surface area contributed by atoms with Gasteiger partial charge in [0.25, 0.3) is 0 Å². The number of carbonyl (C=O) groups excluding carboxylic acids is 1. The minimum Gasteiger partial charge on any atom is -0.480 e. The molecule has 6 heteroatoms. The Hall–Kier alpha value is -1.20. The lowest BCUT2D eigenvalue weighted by atomic mass is 10.2. The van der Waals surface area contributed by atoms with Crippen LogP contribution in [0.5, 0.6) is 0 Å². The molecule has 0 bridgehead atoms. The first-order valence-electron chi connectivity index (χ1n) is 5.44. The van der Waals surface area contributed by atoms with E-state index < -0.39 is 12.0 Å². The third-order valence-electron chi connectivity index (χ3n) is 2.24. The third kappa shape index (κ3) is 4.58. The van der Waals surface area contributed by atoms with Crippen LogP contribution in [0.2, 0.25) is 5.02 Å². The Balaban J connectivity index is 2.47. The Kier molecular flexibility index (Phi) is 6.01. The molecule has 1 aromatic carbocycles. The molecule has 98 valence electrons. The van der Waals surface area contributed by atoms with E-state index in [1.165, 1.54) is 11.8 Å². The van der Waals surface area contributed by atoms with Crippen LogP contribution >= 0.6 is 23.4 Å². The highest BCUT2D eigenvalue weighted by atomic mass is 35.5. The van der Waals surface area contributed by atoms with Gasteiger partial charge in [-0.25, -0.2) is 4.79 Å². The molecule has 1 unspecified atom stereocenters. The van der Waals surface area contributed by atoms with Gasteiger partial charge in [-0.05, 0) is 18.6 Å². The highest BCUT2D eigenvalue weighted by Crippen LogP contribution is 2.26. The van der Waals surface area contributed by atoms with Crippen LogP contribution in [0.25, 0.3) is 0 Å². The van der Waals surface area contributed by atoms with Gasteiger partial charge in [-0.15, -0.1) is 11.8 Å². The summed E-state index contributed by atoms with van der Waals surface area (Å²) >= 11 is 7.23. The van der Waals surface area contributed by atoms with Crippen molar-refractivity contribution in [3.05, 3.63) is 29.3 Å². The smallest absolute Gasteiger partial charge is 0.326 e. The van der Waals surface area contributed by atoms with Crippen molar-refractivity contribution < 1.29 is 14.7 Å². The second-order valence-electron chi connectivity index (χ2n) is 3.59. The first kappa shape index (κ1) is 14.9. The maximum Gasteiger partial charge on any atom is 0.326 e. The van der Waals surface area contributed by atoms with Gasteiger partial charge in [0.05, 0.1) is 10.8 Å². The monoisotopic (exact) mass is 287 g/mol. The Morgan fingerprint density at radius 3 is 2.67 bits per heavy atom. The highest BCUT2D eigenvalue weighted by molar-refractivity contribution is 8.00. The molecule has 0 aliphatic rings. The fourth-order valence-electron chi connectivity index (χ4n) is 1.28. The van der Waals surface area contributed by atoms with E-state index in [1.54, 1.807) is 13.0 Å². The zero-order valence-corrected chi connectivity index (χ0v) is 11.4. The van der Waals surface area contributed by atoms with E-state index in [0.29, 0.717) is 11.4 Å². The number of rotatable bonds is 6. The number of thioether (sulfide) groups is 1. The second kappa shape index (κ2) is 7.28. The van der Waals surface area contributed by atoms with E-state index in [1.807, 2.05) is 18.2 Å². The van der Waals surface area contributed by atoms with E-state index in [4.69, 9.17) is 16.7 Å².